The predicted molar refractivity (Wildman–Crippen MR) is 84.5 cm³/mol. The number of anilines is 1. The van der Waals surface area contributed by atoms with Gasteiger partial charge in [-0.25, -0.2) is 0 Å². The van der Waals surface area contributed by atoms with E-state index in [1.807, 2.05) is 29.2 Å². The van der Waals surface area contributed by atoms with Crippen LogP contribution in [-0.2, 0) is 4.79 Å². The van der Waals surface area contributed by atoms with E-state index in [9.17, 15) is 4.79 Å². The first-order valence-electron chi connectivity index (χ1n) is 7.74. The molecule has 0 bridgehead atoms. The van der Waals surface area contributed by atoms with Gasteiger partial charge in [-0.15, -0.1) is 0 Å². The lowest BCUT2D eigenvalue weighted by Crippen LogP contribution is -2.38. The Morgan fingerprint density at radius 1 is 1.29 bits per heavy atom. The summed E-state index contributed by atoms with van der Waals surface area (Å²) in [5.41, 5.74) is 6.46. The lowest BCUT2D eigenvalue weighted by Gasteiger charge is -2.26. The van der Waals surface area contributed by atoms with Crippen LogP contribution >= 0.6 is 0 Å². The van der Waals surface area contributed by atoms with E-state index < -0.39 is 0 Å². The van der Waals surface area contributed by atoms with Gasteiger partial charge in [0.05, 0.1) is 0 Å². The van der Waals surface area contributed by atoms with Crippen molar-refractivity contribution in [1.29, 1.82) is 0 Å². The molecule has 1 aromatic carbocycles. The molecule has 0 aliphatic carbocycles. The lowest BCUT2D eigenvalue weighted by molar-refractivity contribution is -0.134. The van der Waals surface area contributed by atoms with Crippen molar-refractivity contribution in [2.45, 2.75) is 25.7 Å². The molecule has 21 heavy (non-hydrogen) atoms. The summed E-state index contributed by atoms with van der Waals surface area (Å²) in [5.74, 6) is 0.800. The van der Waals surface area contributed by atoms with Crippen LogP contribution in [-0.4, -0.2) is 43.6 Å². The monoisotopic (exact) mass is 291 g/mol. The summed E-state index contributed by atoms with van der Waals surface area (Å²) in [6.07, 6.45) is 4.36. The zero-order chi connectivity index (χ0) is 14.9. The smallest absolute Gasteiger partial charge is 0.260 e. The molecular formula is C16H25N3O2. The third-order valence-electron chi connectivity index (χ3n) is 3.62. The number of benzene rings is 1. The van der Waals surface area contributed by atoms with E-state index >= 15 is 0 Å². The first-order chi connectivity index (χ1) is 10.3. The van der Waals surface area contributed by atoms with E-state index in [1.54, 1.807) is 0 Å². The number of piperidine rings is 1. The Labute approximate surface area is 126 Å². The summed E-state index contributed by atoms with van der Waals surface area (Å²) >= 11 is 0. The number of nitrogens with one attached hydrogen (secondary N) is 1. The van der Waals surface area contributed by atoms with Gasteiger partial charge < -0.3 is 20.7 Å². The Hall–Kier alpha value is -1.75. The van der Waals surface area contributed by atoms with Gasteiger partial charge in [0, 0.05) is 31.4 Å². The van der Waals surface area contributed by atoms with E-state index in [1.165, 1.54) is 6.42 Å². The maximum Gasteiger partial charge on any atom is 0.260 e. The number of carbonyl (C=O) groups excluding carboxylic acids is 1. The van der Waals surface area contributed by atoms with Crippen LogP contribution in [0, 0.1) is 0 Å². The SMILES string of the molecule is NCCCNc1cccc(OCC(=O)N2CCCCC2)c1. The molecular weight excluding hydrogens is 266 g/mol. The Balaban J connectivity index is 1.79. The van der Waals surface area contributed by atoms with Crippen LogP contribution in [0.25, 0.3) is 0 Å². The Bertz CT molecular complexity index is 445. The Morgan fingerprint density at radius 2 is 2.10 bits per heavy atom. The van der Waals surface area contributed by atoms with Crippen LogP contribution in [0.15, 0.2) is 24.3 Å². The maximum absolute atomic E-state index is 12.0. The van der Waals surface area contributed by atoms with Crippen molar-refractivity contribution in [3.8, 4) is 5.75 Å². The number of carbonyl (C=O) groups is 1. The highest BCUT2D eigenvalue weighted by Crippen LogP contribution is 2.17. The number of amides is 1. The van der Waals surface area contributed by atoms with E-state index in [-0.39, 0.29) is 12.5 Å². The second-order valence-corrected chi connectivity index (χ2v) is 5.33. The average Bonchev–Trinajstić information content (AvgIpc) is 2.54. The van der Waals surface area contributed by atoms with Crippen molar-refractivity contribution in [2.75, 3.05) is 38.1 Å². The molecule has 1 aliphatic rings. The predicted octanol–water partition coefficient (Wildman–Crippen LogP) is 1.84. The molecule has 1 aliphatic heterocycles. The maximum atomic E-state index is 12.0. The normalized spacial score (nSPS) is 14.8. The van der Waals surface area contributed by atoms with Gasteiger partial charge in [-0.1, -0.05) is 6.07 Å². The van der Waals surface area contributed by atoms with E-state index in [0.717, 1.165) is 50.3 Å². The first-order valence-corrected chi connectivity index (χ1v) is 7.74. The van der Waals surface area contributed by atoms with Crippen LogP contribution in [0.3, 0.4) is 0 Å². The fourth-order valence-corrected chi connectivity index (χ4v) is 2.41. The van der Waals surface area contributed by atoms with Crippen molar-refractivity contribution >= 4 is 11.6 Å². The number of ether oxygens (including phenoxy) is 1. The molecule has 1 aromatic rings. The number of likely N-dealkylation sites (tertiary alicyclic amines) is 1. The van der Waals surface area contributed by atoms with Crippen molar-refractivity contribution < 1.29 is 9.53 Å². The van der Waals surface area contributed by atoms with Crippen LogP contribution in [0.5, 0.6) is 5.75 Å². The van der Waals surface area contributed by atoms with Crippen molar-refractivity contribution in [1.82, 2.24) is 4.90 Å². The van der Waals surface area contributed by atoms with Gasteiger partial charge in [0.1, 0.15) is 5.75 Å². The van der Waals surface area contributed by atoms with E-state index in [4.69, 9.17) is 10.5 Å². The second-order valence-electron chi connectivity index (χ2n) is 5.33. The van der Waals surface area contributed by atoms with Gasteiger partial charge in [-0.05, 0) is 44.4 Å². The van der Waals surface area contributed by atoms with Crippen LogP contribution in [0.4, 0.5) is 5.69 Å². The quantitative estimate of drug-likeness (QED) is 0.752. The van der Waals surface area contributed by atoms with Crippen molar-refractivity contribution in [2.24, 2.45) is 5.73 Å². The molecule has 116 valence electrons. The van der Waals surface area contributed by atoms with Gasteiger partial charge in [0.15, 0.2) is 6.61 Å². The number of nitrogens with zero attached hydrogens (tertiary/aromatic N) is 1. The molecule has 0 unspecified atom stereocenters. The lowest BCUT2D eigenvalue weighted by atomic mass is 10.1. The van der Waals surface area contributed by atoms with Crippen LogP contribution in [0.2, 0.25) is 0 Å². The number of hydrogen-bond donors (Lipinski definition) is 2. The molecule has 0 spiro atoms. The molecule has 0 atom stereocenters. The summed E-state index contributed by atoms with van der Waals surface area (Å²) in [6, 6.07) is 7.69. The zero-order valence-corrected chi connectivity index (χ0v) is 12.5. The number of rotatable bonds is 7. The van der Waals surface area contributed by atoms with Crippen molar-refractivity contribution in [3.63, 3.8) is 0 Å². The molecule has 2 rings (SSSR count). The highest BCUT2D eigenvalue weighted by molar-refractivity contribution is 5.77. The minimum Gasteiger partial charge on any atom is -0.484 e. The second kappa shape index (κ2) is 8.52. The van der Waals surface area contributed by atoms with Gasteiger partial charge >= 0.3 is 0 Å². The highest BCUT2D eigenvalue weighted by atomic mass is 16.5. The van der Waals surface area contributed by atoms with Gasteiger partial charge in [-0.3, -0.25) is 4.79 Å². The summed E-state index contributed by atoms with van der Waals surface area (Å²) < 4.78 is 5.61. The summed E-state index contributed by atoms with van der Waals surface area (Å²) in [6.45, 7) is 3.36. The Kier molecular flexibility index (Phi) is 6.34. The fourth-order valence-electron chi connectivity index (χ4n) is 2.41. The molecule has 0 saturated carbocycles. The first kappa shape index (κ1) is 15.6. The topological polar surface area (TPSA) is 67.6 Å². The molecule has 1 saturated heterocycles. The molecule has 3 N–H and O–H groups in total. The molecule has 1 fully saturated rings. The fraction of sp³-hybridized carbons (Fsp3) is 0.562. The molecule has 0 aromatic heterocycles. The minimum atomic E-state index is 0.0798. The van der Waals surface area contributed by atoms with E-state index in [0.29, 0.717) is 6.54 Å². The van der Waals surface area contributed by atoms with Crippen LogP contribution in [0.1, 0.15) is 25.7 Å². The number of hydrogen-bond acceptors (Lipinski definition) is 4. The summed E-state index contributed by atoms with van der Waals surface area (Å²) in [7, 11) is 0. The third-order valence-corrected chi connectivity index (χ3v) is 3.62. The Morgan fingerprint density at radius 3 is 2.86 bits per heavy atom. The third kappa shape index (κ3) is 5.27. The van der Waals surface area contributed by atoms with Gasteiger partial charge in [0.2, 0.25) is 0 Å². The summed E-state index contributed by atoms with van der Waals surface area (Å²) in [5, 5.41) is 3.28. The number of nitrogens with two attached hydrogens (primary N) is 1. The van der Waals surface area contributed by atoms with Crippen LogP contribution < -0.4 is 15.8 Å². The molecule has 1 amide bonds. The van der Waals surface area contributed by atoms with Crippen molar-refractivity contribution in [3.05, 3.63) is 24.3 Å². The average molecular weight is 291 g/mol. The molecule has 5 heteroatoms. The largest absolute Gasteiger partial charge is 0.484 e. The summed E-state index contributed by atoms with van der Waals surface area (Å²) in [4.78, 5) is 13.9. The van der Waals surface area contributed by atoms with E-state index in [2.05, 4.69) is 5.32 Å². The zero-order valence-electron chi connectivity index (χ0n) is 12.5. The van der Waals surface area contributed by atoms with Gasteiger partial charge in [-0.2, -0.15) is 0 Å². The molecule has 0 radical (unpaired) electrons. The molecule has 1 heterocycles. The standard InChI is InChI=1S/C16H25N3O2/c17-8-5-9-18-14-6-4-7-15(12-14)21-13-16(20)19-10-2-1-3-11-19/h4,6-7,12,18H,1-3,5,8-11,13,17H2. The van der Waals surface area contributed by atoms with Gasteiger partial charge in [0.25, 0.3) is 5.91 Å². The highest BCUT2D eigenvalue weighted by Gasteiger charge is 2.16. The minimum absolute atomic E-state index is 0.0798. The molecule has 5 nitrogen and oxygen atoms in total.